The standard InChI is InChI=1S/C17H21N3O4/c18-8-1-2-9-19-16(21)12-24-14-6-3-5-13(11-14)20-17(22)15-7-4-10-23-15/h3-7,10-11H,1-2,8-9,12,18H2,(H,19,21)(H,20,22). The van der Waals surface area contributed by atoms with Gasteiger partial charge in [-0.15, -0.1) is 0 Å². The first kappa shape index (κ1) is 17.6. The second-order valence-electron chi connectivity index (χ2n) is 5.09. The Bertz CT molecular complexity index is 656. The van der Waals surface area contributed by atoms with Gasteiger partial charge in [-0.05, 0) is 43.7 Å². The second-order valence-corrected chi connectivity index (χ2v) is 5.09. The van der Waals surface area contributed by atoms with Crippen molar-refractivity contribution in [1.82, 2.24) is 5.32 Å². The molecule has 0 saturated carbocycles. The number of anilines is 1. The van der Waals surface area contributed by atoms with Crippen molar-refractivity contribution in [2.75, 3.05) is 25.0 Å². The Hall–Kier alpha value is -2.80. The summed E-state index contributed by atoms with van der Waals surface area (Å²) in [5.74, 6) is 0.161. The van der Waals surface area contributed by atoms with E-state index >= 15 is 0 Å². The number of furan rings is 1. The molecule has 0 atom stereocenters. The molecular weight excluding hydrogens is 310 g/mol. The lowest BCUT2D eigenvalue weighted by Crippen LogP contribution is -2.29. The van der Waals surface area contributed by atoms with Crippen LogP contribution in [0.2, 0.25) is 0 Å². The van der Waals surface area contributed by atoms with Crippen LogP contribution >= 0.6 is 0 Å². The maximum absolute atomic E-state index is 11.9. The fourth-order valence-corrected chi connectivity index (χ4v) is 1.96. The third-order valence-electron chi connectivity index (χ3n) is 3.16. The Morgan fingerprint density at radius 3 is 2.79 bits per heavy atom. The van der Waals surface area contributed by atoms with E-state index in [1.165, 1.54) is 6.26 Å². The molecule has 24 heavy (non-hydrogen) atoms. The molecular formula is C17H21N3O4. The monoisotopic (exact) mass is 331 g/mol. The number of nitrogens with two attached hydrogens (primary N) is 1. The molecule has 2 rings (SSSR count). The number of ether oxygens (including phenoxy) is 1. The number of carbonyl (C=O) groups is 2. The van der Waals surface area contributed by atoms with Gasteiger partial charge in [0.05, 0.1) is 6.26 Å². The molecule has 0 aliphatic carbocycles. The van der Waals surface area contributed by atoms with Crippen LogP contribution in [-0.4, -0.2) is 31.5 Å². The average Bonchev–Trinajstić information content (AvgIpc) is 3.12. The molecule has 1 aromatic heterocycles. The summed E-state index contributed by atoms with van der Waals surface area (Å²) in [6.07, 6.45) is 3.15. The quantitative estimate of drug-likeness (QED) is 0.607. The summed E-state index contributed by atoms with van der Waals surface area (Å²) in [6, 6.07) is 10.0. The van der Waals surface area contributed by atoms with Gasteiger partial charge in [-0.25, -0.2) is 0 Å². The Kier molecular flexibility index (Phi) is 6.85. The summed E-state index contributed by atoms with van der Waals surface area (Å²) in [5, 5.41) is 5.45. The summed E-state index contributed by atoms with van der Waals surface area (Å²) in [7, 11) is 0. The molecule has 2 aromatic rings. The number of hydrogen-bond donors (Lipinski definition) is 3. The van der Waals surface area contributed by atoms with Crippen molar-refractivity contribution in [2.24, 2.45) is 5.73 Å². The highest BCUT2D eigenvalue weighted by Gasteiger charge is 2.09. The van der Waals surface area contributed by atoms with E-state index in [1.807, 2.05) is 0 Å². The van der Waals surface area contributed by atoms with E-state index in [2.05, 4.69) is 10.6 Å². The minimum absolute atomic E-state index is 0.0851. The van der Waals surface area contributed by atoms with Crippen molar-refractivity contribution < 1.29 is 18.7 Å². The Labute approximate surface area is 140 Å². The molecule has 7 nitrogen and oxygen atoms in total. The van der Waals surface area contributed by atoms with Crippen molar-refractivity contribution in [1.29, 1.82) is 0 Å². The van der Waals surface area contributed by atoms with Gasteiger partial charge in [-0.1, -0.05) is 6.07 Å². The SMILES string of the molecule is NCCCCNC(=O)COc1cccc(NC(=O)c2ccco2)c1. The molecule has 0 saturated heterocycles. The maximum atomic E-state index is 11.9. The van der Waals surface area contributed by atoms with E-state index in [-0.39, 0.29) is 24.2 Å². The summed E-state index contributed by atoms with van der Waals surface area (Å²) >= 11 is 0. The van der Waals surface area contributed by atoms with Gasteiger partial charge in [0.25, 0.3) is 11.8 Å². The van der Waals surface area contributed by atoms with E-state index in [4.69, 9.17) is 14.9 Å². The number of amides is 2. The second kappa shape index (κ2) is 9.36. The number of unbranched alkanes of at least 4 members (excludes halogenated alkanes) is 1. The third kappa shape index (κ3) is 5.77. The zero-order valence-corrected chi connectivity index (χ0v) is 13.3. The first-order valence-electron chi connectivity index (χ1n) is 7.73. The number of benzene rings is 1. The molecule has 7 heteroatoms. The van der Waals surface area contributed by atoms with E-state index < -0.39 is 0 Å². The molecule has 2 amide bonds. The topological polar surface area (TPSA) is 107 Å². The van der Waals surface area contributed by atoms with E-state index in [0.717, 1.165) is 12.8 Å². The average molecular weight is 331 g/mol. The smallest absolute Gasteiger partial charge is 0.291 e. The van der Waals surface area contributed by atoms with Crippen LogP contribution in [0.25, 0.3) is 0 Å². The van der Waals surface area contributed by atoms with Crippen LogP contribution in [0.1, 0.15) is 23.4 Å². The highest BCUT2D eigenvalue weighted by molar-refractivity contribution is 6.02. The molecule has 1 heterocycles. The Morgan fingerprint density at radius 2 is 2.04 bits per heavy atom. The summed E-state index contributed by atoms with van der Waals surface area (Å²) < 4.78 is 10.5. The lowest BCUT2D eigenvalue weighted by atomic mass is 10.3. The predicted octanol–water partition coefficient (Wildman–Crippen LogP) is 1.77. The lowest BCUT2D eigenvalue weighted by Gasteiger charge is -2.09. The van der Waals surface area contributed by atoms with Crippen molar-refractivity contribution in [3.63, 3.8) is 0 Å². The molecule has 4 N–H and O–H groups in total. The van der Waals surface area contributed by atoms with Crippen LogP contribution in [0.3, 0.4) is 0 Å². The van der Waals surface area contributed by atoms with Gasteiger partial charge < -0.3 is 25.5 Å². The van der Waals surface area contributed by atoms with Crippen molar-refractivity contribution >= 4 is 17.5 Å². The molecule has 1 aromatic carbocycles. The highest BCUT2D eigenvalue weighted by atomic mass is 16.5. The van der Waals surface area contributed by atoms with Gasteiger partial charge in [0.15, 0.2) is 12.4 Å². The van der Waals surface area contributed by atoms with Crippen LogP contribution in [0, 0.1) is 0 Å². The van der Waals surface area contributed by atoms with Gasteiger partial charge in [0, 0.05) is 18.3 Å². The molecule has 0 fully saturated rings. The normalized spacial score (nSPS) is 10.2. The molecule has 0 radical (unpaired) electrons. The van der Waals surface area contributed by atoms with Crippen molar-refractivity contribution in [3.8, 4) is 5.75 Å². The minimum Gasteiger partial charge on any atom is -0.484 e. The number of carbonyl (C=O) groups excluding carboxylic acids is 2. The minimum atomic E-state index is -0.352. The fourth-order valence-electron chi connectivity index (χ4n) is 1.96. The lowest BCUT2D eigenvalue weighted by molar-refractivity contribution is -0.123. The summed E-state index contributed by atoms with van der Waals surface area (Å²) in [4.78, 5) is 23.6. The van der Waals surface area contributed by atoms with E-state index in [0.29, 0.717) is 24.5 Å². The largest absolute Gasteiger partial charge is 0.484 e. The van der Waals surface area contributed by atoms with Gasteiger partial charge >= 0.3 is 0 Å². The zero-order valence-electron chi connectivity index (χ0n) is 13.3. The summed E-state index contributed by atoms with van der Waals surface area (Å²) in [5.41, 5.74) is 5.94. The summed E-state index contributed by atoms with van der Waals surface area (Å²) in [6.45, 7) is 1.11. The molecule has 0 spiro atoms. The zero-order chi connectivity index (χ0) is 17.2. The van der Waals surface area contributed by atoms with Crippen molar-refractivity contribution in [2.45, 2.75) is 12.8 Å². The fraction of sp³-hybridized carbons (Fsp3) is 0.294. The Balaban J connectivity index is 1.80. The molecule has 0 unspecified atom stereocenters. The van der Waals surface area contributed by atoms with Gasteiger partial charge in [-0.2, -0.15) is 0 Å². The van der Waals surface area contributed by atoms with E-state index in [1.54, 1.807) is 36.4 Å². The van der Waals surface area contributed by atoms with Crippen LogP contribution in [0.15, 0.2) is 47.1 Å². The first-order chi connectivity index (χ1) is 11.7. The van der Waals surface area contributed by atoms with E-state index in [9.17, 15) is 9.59 Å². The highest BCUT2D eigenvalue weighted by Crippen LogP contribution is 2.18. The molecule has 0 aliphatic heterocycles. The van der Waals surface area contributed by atoms with Crippen LogP contribution in [0.5, 0.6) is 5.75 Å². The molecule has 0 bridgehead atoms. The molecule has 128 valence electrons. The predicted molar refractivity (Wildman–Crippen MR) is 89.9 cm³/mol. The van der Waals surface area contributed by atoms with Crippen LogP contribution < -0.4 is 21.1 Å². The number of nitrogens with one attached hydrogen (secondary N) is 2. The number of hydrogen-bond acceptors (Lipinski definition) is 5. The molecule has 0 aliphatic rings. The van der Waals surface area contributed by atoms with Gasteiger partial charge in [-0.3, -0.25) is 9.59 Å². The first-order valence-corrected chi connectivity index (χ1v) is 7.73. The van der Waals surface area contributed by atoms with Crippen LogP contribution in [-0.2, 0) is 4.79 Å². The number of rotatable bonds is 9. The maximum Gasteiger partial charge on any atom is 0.291 e. The van der Waals surface area contributed by atoms with Crippen LogP contribution in [0.4, 0.5) is 5.69 Å². The van der Waals surface area contributed by atoms with Gasteiger partial charge in [0.2, 0.25) is 0 Å². The third-order valence-corrected chi connectivity index (χ3v) is 3.16. The van der Waals surface area contributed by atoms with Gasteiger partial charge in [0.1, 0.15) is 5.75 Å². The van der Waals surface area contributed by atoms with Crippen molar-refractivity contribution in [3.05, 3.63) is 48.4 Å². The Morgan fingerprint density at radius 1 is 1.17 bits per heavy atom.